The molecule has 0 saturated carbocycles. The molecule has 0 bridgehead atoms. The molecule has 0 radical (unpaired) electrons. The number of anilines is 1. The number of amides is 1. The van der Waals surface area contributed by atoms with Crippen molar-refractivity contribution in [1.82, 2.24) is 15.0 Å². The molecule has 5 nitrogen and oxygen atoms in total. The van der Waals surface area contributed by atoms with Gasteiger partial charge in [-0.15, -0.1) is 0 Å². The van der Waals surface area contributed by atoms with Crippen molar-refractivity contribution in [3.05, 3.63) is 65.3 Å². The summed E-state index contributed by atoms with van der Waals surface area (Å²) in [6, 6.07) is 11.2. The van der Waals surface area contributed by atoms with Gasteiger partial charge < -0.3 is 5.32 Å². The summed E-state index contributed by atoms with van der Waals surface area (Å²) < 4.78 is 13.0. The summed E-state index contributed by atoms with van der Waals surface area (Å²) in [5.74, 6) is 0.00363. The third-order valence-corrected chi connectivity index (χ3v) is 4.52. The van der Waals surface area contributed by atoms with E-state index in [1.165, 1.54) is 23.9 Å². The van der Waals surface area contributed by atoms with Crippen molar-refractivity contribution in [2.24, 2.45) is 0 Å². The van der Waals surface area contributed by atoms with E-state index in [0.29, 0.717) is 22.2 Å². The molecule has 3 aromatic rings. The first kappa shape index (κ1) is 18.3. The molecule has 1 aromatic carbocycles. The lowest BCUT2D eigenvalue weighted by Gasteiger charge is -2.08. The van der Waals surface area contributed by atoms with E-state index in [0.717, 1.165) is 11.8 Å². The number of hydrogen-bond acceptors (Lipinski definition) is 5. The summed E-state index contributed by atoms with van der Waals surface area (Å²) in [4.78, 5) is 25.1. The molecule has 0 spiro atoms. The maximum absolute atomic E-state index is 13.0. The van der Waals surface area contributed by atoms with Crippen LogP contribution >= 0.6 is 23.4 Å². The summed E-state index contributed by atoms with van der Waals surface area (Å²) >= 11 is 7.18. The maximum Gasteiger partial charge on any atom is 0.234 e. The molecule has 0 aliphatic carbocycles. The van der Waals surface area contributed by atoms with Crippen molar-refractivity contribution in [2.75, 3.05) is 11.1 Å². The number of thioether (sulfide) groups is 1. The van der Waals surface area contributed by atoms with Crippen LogP contribution in [0.1, 0.15) is 5.82 Å². The zero-order chi connectivity index (χ0) is 18.5. The minimum Gasteiger partial charge on any atom is -0.324 e. The first-order valence-electron chi connectivity index (χ1n) is 7.66. The Bertz CT molecular complexity index is 940. The van der Waals surface area contributed by atoms with Crippen LogP contribution in [0.4, 0.5) is 10.1 Å². The zero-order valence-corrected chi connectivity index (χ0v) is 15.3. The quantitative estimate of drug-likeness (QED) is 0.519. The number of nitrogens with zero attached hydrogens (tertiary/aromatic N) is 3. The van der Waals surface area contributed by atoms with Crippen molar-refractivity contribution in [3.63, 3.8) is 0 Å². The van der Waals surface area contributed by atoms with Crippen molar-refractivity contribution in [2.45, 2.75) is 11.9 Å². The monoisotopic (exact) mass is 388 g/mol. The number of carbonyl (C=O) groups is 1. The maximum atomic E-state index is 13.0. The van der Waals surface area contributed by atoms with Gasteiger partial charge in [0.1, 0.15) is 16.7 Å². The second-order valence-electron chi connectivity index (χ2n) is 5.31. The molecular weight excluding hydrogens is 375 g/mol. The molecule has 3 rings (SSSR count). The number of aryl methyl sites for hydroxylation is 1. The highest BCUT2D eigenvalue weighted by atomic mass is 35.5. The highest BCUT2D eigenvalue weighted by molar-refractivity contribution is 7.99. The number of pyridine rings is 1. The minimum atomic E-state index is -0.458. The van der Waals surface area contributed by atoms with Gasteiger partial charge in [-0.3, -0.25) is 9.78 Å². The third kappa shape index (κ3) is 4.77. The van der Waals surface area contributed by atoms with Crippen LogP contribution in [-0.4, -0.2) is 26.6 Å². The lowest BCUT2D eigenvalue weighted by atomic mass is 10.2. The van der Waals surface area contributed by atoms with Crippen LogP contribution in [0.3, 0.4) is 0 Å². The van der Waals surface area contributed by atoms with Gasteiger partial charge in [0.05, 0.1) is 27.9 Å². The molecule has 132 valence electrons. The smallest absolute Gasteiger partial charge is 0.234 e. The number of hydrogen-bond donors (Lipinski definition) is 1. The summed E-state index contributed by atoms with van der Waals surface area (Å²) in [5, 5.41) is 3.47. The summed E-state index contributed by atoms with van der Waals surface area (Å²) in [6.07, 6.45) is 1.69. The number of aromatic nitrogens is 3. The highest BCUT2D eigenvalue weighted by Crippen LogP contribution is 2.24. The van der Waals surface area contributed by atoms with Crippen LogP contribution < -0.4 is 5.32 Å². The first-order chi connectivity index (χ1) is 12.5. The molecule has 0 aliphatic rings. The number of nitrogens with one attached hydrogen (secondary N) is 1. The normalized spacial score (nSPS) is 10.6. The van der Waals surface area contributed by atoms with E-state index in [4.69, 9.17) is 11.6 Å². The van der Waals surface area contributed by atoms with Crippen LogP contribution in [0, 0.1) is 12.7 Å². The van der Waals surface area contributed by atoms with Gasteiger partial charge in [0.15, 0.2) is 0 Å². The second-order valence-corrected chi connectivity index (χ2v) is 6.72. The molecule has 0 saturated heterocycles. The van der Waals surface area contributed by atoms with E-state index < -0.39 is 5.82 Å². The Morgan fingerprint density at radius 3 is 2.77 bits per heavy atom. The average molecular weight is 389 g/mol. The largest absolute Gasteiger partial charge is 0.324 e. The molecule has 26 heavy (non-hydrogen) atoms. The summed E-state index contributed by atoms with van der Waals surface area (Å²) in [6.45, 7) is 1.79. The zero-order valence-electron chi connectivity index (χ0n) is 13.7. The van der Waals surface area contributed by atoms with Gasteiger partial charge in [-0.1, -0.05) is 29.4 Å². The predicted molar refractivity (Wildman–Crippen MR) is 101 cm³/mol. The molecule has 8 heteroatoms. The Labute approximate surface area is 159 Å². The predicted octanol–water partition coefficient (Wildman–Crippen LogP) is 4.37. The first-order valence-corrected chi connectivity index (χ1v) is 9.02. The van der Waals surface area contributed by atoms with Crippen LogP contribution in [0.15, 0.2) is 53.7 Å². The van der Waals surface area contributed by atoms with E-state index >= 15 is 0 Å². The Balaban J connectivity index is 1.67. The average Bonchev–Trinajstić information content (AvgIpc) is 2.63. The molecular formula is C18H14ClFN4OS. The molecule has 2 heterocycles. The van der Waals surface area contributed by atoms with Crippen LogP contribution in [-0.2, 0) is 4.79 Å². The van der Waals surface area contributed by atoms with E-state index in [1.807, 2.05) is 18.2 Å². The van der Waals surface area contributed by atoms with E-state index in [1.54, 1.807) is 19.2 Å². The molecule has 0 unspecified atom stereocenters. The van der Waals surface area contributed by atoms with E-state index in [9.17, 15) is 9.18 Å². The van der Waals surface area contributed by atoms with Crippen molar-refractivity contribution >= 4 is 35.0 Å². The Hall–Kier alpha value is -2.51. The molecule has 1 amide bonds. The second kappa shape index (κ2) is 8.25. The van der Waals surface area contributed by atoms with Gasteiger partial charge in [-0.25, -0.2) is 14.4 Å². The lowest BCUT2D eigenvalue weighted by molar-refractivity contribution is -0.113. The third-order valence-electron chi connectivity index (χ3n) is 3.30. The van der Waals surface area contributed by atoms with E-state index in [-0.39, 0.29) is 16.7 Å². The number of rotatable bonds is 5. The van der Waals surface area contributed by atoms with Crippen LogP contribution in [0.5, 0.6) is 0 Å². The minimum absolute atomic E-state index is 0.131. The van der Waals surface area contributed by atoms with Crippen LogP contribution in [0.2, 0.25) is 5.02 Å². The summed E-state index contributed by atoms with van der Waals surface area (Å²) in [7, 11) is 0. The van der Waals surface area contributed by atoms with Gasteiger partial charge in [0, 0.05) is 6.20 Å². The topological polar surface area (TPSA) is 67.8 Å². The Morgan fingerprint density at radius 2 is 2.04 bits per heavy atom. The fraction of sp³-hybridized carbons (Fsp3) is 0.111. The van der Waals surface area contributed by atoms with Gasteiger partial charge in [0.25, 0.3) is 0 Å². The van der Waals surface area contributed by atoms with Crippen LogP contribution in [0.25, 0.3) is 11.4 Å². The molecule has 2 aromatic heterocycles. The van der Waals surface area contributed by atoms with E-state index in [2.05, 4.69) is 20.3 Å². The molecule has 1 N–H and O–H groups in total. The fourth-order valence-corrected chi connectivity index (χ4v) is 3.13. The number of carbonyl (C=O) groups excluding carboxylic acids is 1. The molecule has 0 aliphatic heterocycles. The standard InChI is InChI=1S/C18H14ClFN4OS/c1-11-22-16(15-4-2-3-7-21-15)9-18(23-11)26-10-17(25)24-14-6-5-12(20)8-13(14)19/h2-9H,10H2,1H3,(H,24,25). The number of halogens is 2. The fourth-order valence-electron chi connectivity index (χ4n) is 2.18. The van der Waals surface area contributed by atoms with Crippen molar-refractivity contribution < 1.29 is 9.18 Å². The summed E-state index contributed by atoms with van der Waals surface area (Å²) in [5.41, 5.74) is 1.80. The highest BCUT2D eigenvalue weighted by Gasteiger charge is 2.10. The molecule has 0 fully saturated rings. The Kier molecular flexibility index (Phi) is 5.80. The van der Waals surface area contributed by atoms with Crippen molar-refractivity contribution in [1.29, 1.82) is 0 Å². The van der Waals surface area contributed by atoms with Gasteiger partial charge in [0.2, 0.25) is 5.91 Å². The van der Waals surface area contributed by atoms with Gasteiger partial charge in [-0.05, 0) is 43.3 Å². The lowest BCUT2D eigenvalue weighted by Crippen LogP contribution is -2.14. The van der Waals surface area contributed by atoms with Gasteiger partial charge >= 0.3 is 0 Å². The molecule has 0 atom stereocenters. The SMILES string of the molecule is Cc1nc(SCC(=O)Nc2ccc(F)cc2Cl)cc(-c2ccccn2)n1. The van der Waals surface area contributed by atoms with Crippen molar-refractivity contribution in [3.8, 4) is 11.4 Å². The van der Waals surface area contributed by atoms with Gasteiger partial charge in [-0.2, -0.15) is 0 Å². The Morgan fingerprint density at radius 1 is 1.19 bits per heavy atom. The number of benzene rings is 1.